The average Bonchev–Trinajstić information content (AvgIpc) is 3.19. The van der Waals surface area contributed by atoms with E-state index in [1.54, 1.807) is 12.4 Å². The molecule has 4 aromatic rings. The van der Waals surface area contributed by atoms with Gasteiger partial charge in [0.1, 0.15) is 17.4 Å². The highest BCUT2D eigenvalue weighted by Gasteiger charge is 2.18. The first-order valence-corrected chi connectivity index (χ1v) is 9.84. The second kappa shape index (κ2) is 8.76. The summed E-state index contributed by atoms with van der Waals surface area (Å²) in [6.07, 6.45) is 1.56. The Morgan fingerprint density at radius 2 is 1.84 bits per heavy atom. The van der Waals surface area contributed by atoms with E-state index in [-0.39, 0.29) is 21.9 Å². The number of aryl methyl sites for hydroxylation is 1. The van der Waals surface area contributed by atoms with Crippen molar-refractivity contribution in [2.75, 3.05) is 11.9 Å². The number of fused-ring (bicyclic) bond motifs is 1. The molecule has 2 N–H and O–H groups in total. The van der Waals surface area contributed by atoms with Gasteiger partial charge in [0.05, 0.1) is 22.9 Å². The van der Waals surface area contributed by atoms with Crippen LogP contribution < -0.4 is 10.1 Å². The van der Waals surface area contributed by atoms with Crippen molar-refractivity contribution < 1.29 is 23.1 Å². The molecule has 0 spiro atoms. The number of aromatic amines is 1. The van der Waals surface area contributed by atoms with Crippen LogP contribution in [0.5, 0.6) is 5.75 Å². The molecule has 1 aromatic heterocycles. The number of anilines is 1. The molecule has 1 heterocycles. The van der Waals surface area contributed by atoms with E-state index in [0.29, 0.717) is 11.8 Å². The molecule has 3 aromatic carbocycles. The molecule has 0 fully saturated rings. The maximum Gasteiger partial charge on any atom is 0.262 e. The van der Waals surface area contributed by atoms with E-state index in [1.165, 1.54) is 18.2 Å². The number of nitrogens with zero attached hydrogens (tertiary/aromatic N) is 1. The van der Waals surface area contributed by atoms with Gasteiger partial charge in [-0.2, -0.15) is 0 Å². The molecule has 0 unspecified atom stereocenters. The second-order valence-electron chi connectivity index (χ2n) is 7.05. The molecule has 6 nitrogen and oxygen atoms in total. The zero-order valence-corrected chi connectivity index (χ0v) is 17.5. The van der Waals surface area contributed by atoms with Crippen LogP contribution in [0.4, 0.5) is 14.5 Å². The number of imidazole rings is 1. The van der Waals surface area contributed by atoms with E-state index in [2.05, 4.69) is 15.3 Å². The molecule has 1 amide bonds. The summed E-state index contributed by atoms with van der Waals surface area (Å²) in [6, 6.07) is 10.3. The normalized spacial score (nSPS) is 10.9. The Kier molecular flexibility index (Phi) is 5.87. The number of halogens is 3. The molecular weight excluding hydrogens is 440 g/mol. The number of hydrogen-bond acceptors (Lipinski definition) is 4. The third-order valence-electron chi connectivity index (χ3n) is 4.71. The first-order valence-electron chi connectivity index (χ1n) is 9.47. The summed E-state index contributed by atoms with van der Waals surface area (Å²) < 4.78 is 32.6. The molecule has 0 aliphatic carbocycles. The van der Waals surface area contributed by atoms with Gasteiger partial charge in [0.15, 0.2) is 12.4 Å². The van der Waals surface area contributed by atoms with Gasteiger partial charge < -0.3 is 15.0 Å². The van der Waals surface area contributed by atoms with Crippen LogP contribution >= 0.6 is 11.6 Å². The van der Waals surface area contributed by atoms with E-state index in [9.17, 15) is 18.4 Å². The summed E-state index contributed by atoms with van der Waals surface area (Å²) in [5, 5.41) is 2.97. The number of ether oxygens (including phenoxy) is 1. The van der Waals surface area contributed by atoms with Crippen LogP contribution in [0, 0.1) is 18.6 Å². The molecule has 32 heavy (non-hydrogen) atoms. The smallest absolute Gasteiger partial charge is 0.262 e. The Morgan fingerprint density at radius 3 is 2.59 bits per heavy atom. The lowest BCUT2D eigenvalue weighted by Crippen LogP contribution is -2.21. The highest BCUT2D eigenvalue weighted by atomic mass is 35.5. The molecule has 9 heteroatoms. The molecule has 0 aliphatic rings. The fraction of sp³-hybridized carbons (Fsp3) is 0.0870. The van der Waals surface area contributed by atoms with Crippen molar-refractivity contribution in [3.63, 3.8) is 0 Å². The molecular formula is C23H16ClF2N3O3. The highest BCUT2D eigenvalue weighted by Crippen LogP contribution is 2.27. The minimum Gasteiger partial charge on any atom is -0.483 e. The number of carbonyl (C=O) groups is 2. The van der Waals surface area contributed by atoms with Crippen molar-refractivity contribution in [3.8, 4) is 5.75 Å². The van der Waals surface area contributed by atoms with Crippen molar-refractivity contribution in [1.82, 2.24) is 9.97 Å². The van der Waals surface area contributed by atoms with Crippen molar-refractivity contribution in [2.24, 2.45) is 0 Å². The second-order valence-corrected chi connectivity index (χ2v) is 7.49. The molecule has 0 radical (unpaired) electrons. The number of nitrogens with one attached hydrogen (secondary N) is 2. The zero-order chi connectivity index (χ0) is 22.8. The van der Waals surface area contributed by atoms with Crippen LogP contribution in [-0.4, -0.2) is 28.3 Å². The van der Waals surface area contributed by atoms with Crippen LogP contribution in [0.2, 0.25) is 5.02 Å². The third-order valence-corrected chi connectivity index (χ3v) is 4.95. The van der Waals surface area contributed by atoms with E-state index in [0.717, 1.165) is 28.7 Å². The third kappa shape index (κ3) is 4.60. The Morgan fingerprint density at radius 1 is 1.09 bits per heavy atom. The van der Waals surface area contributed by atoms with Crippen molar-refractivity contribution in [3.05, 3.63) is 88.2 Å². The van der Waals surface area contributed by atoms with Gasteiger partial charge in [-0.3, -0.25) is 9.59 Å². The summed E-state index contributed by atoms with van der Waals surface area (Å²) >= 11 is 5.99. The maximum absolute atomic E-state index is 13.5. The molecule has 0 atom stereocenters. The van der Waals surface area contributed by atoms with Gasteiger partial charge in [-0.25, -0.2) is 13.8 Å². The largest absolute Gasteiger partial charge is 0.483 e. The van der Waals surface area contributed by atoms with Crippen molar-refractivity contribution >= 4 is 40.0 Å². The van der Waals surface area contributed by atoms with Crippen molar-refractivity contribution in [2.45, 2.75) is 6.92 Å². The topological polar surface area (TPSA) is 84.1 Å². The number of hydrogen-bond donors (Lipinski definition) is 2. The molecule has 0 saturated carbocycles. The van der Waals surface area contributed by atoms with Gasteiger partial charge in [0.2, 0.25) is 0 Å². The molecule has 0 saturated heterocycles. The summed E-state index contributed by atoms with van der Waals surface area (Å²) in [4.78, 5) is 32.4. The van der Waals surface area contributed by atoms with E-state index in [1.807, 2.05) is 13.0 Å². The lowest BCUT2D eigenvalue weighted by atomic mass is 10.0. The number of carbonyl (C=O) groups excluding carboxylic acids is 2. The number of benzene rings is 3. The number of aromatic nitrogens is 2. The predicted octanol–water partition coefficient (Wildman–Crippen LogP) is 5.05. The van der Waals surface area contributed by atoms with Gasteiger partial charge in [-0.05, 0) is 55.0 Å². The van der Waals surface area contributed by atoms with Crippen LogP contribution in [-0.2, 0) is 4.79 Å². The first-order chi connectivity index (χ1) is 15.3. The standard InChI is InChI=1S/C23H16ClF2N3O3/c1-12-4-19-20(28-11-27-19)9-18(12)29-22(30)10-32-21-3-2-14(24)7-17(21)23(31)13-5-15(25)8-16(26)6-13/h2-9,11H,10H2,1H3,(H,27,28)(H,29,30). The average molecular weight is 456 g/mol. The van der Waals surface area contributed by atoms with Gasteiger partial charge >= 0.3 is 0 Å². The minimum absolute atomic E-state index is 0.0228. The summed E-state index contributed by atoms with van der Waals surface area (Å²) in [7, 11) is 0. The first kappa shape index (κ1) is 21.5. The van der Waals surface area contributed by atoms with E-state index < -0.39 is 29.9 Å². The van der Waals surface area contributed by atoms with E-state index >= 15 is 0 Å². The fourth-order valence-electron chi connectivity index (χ4n) is 3.20. The number of rotatable bonds is 6. The molecule has 0 aliphatic heterocycles. The minimum atomic E-state index is -0.887. The van der Waals surface area contributed by atoms with Gasteiger partial charge in [-0.15, -0.1) is 0 Å². The zero-order valence-electron chi connectivity index (χ0n) is 16.7. The number of H-pyrrole nitrogens is 1. The van der Waals surface area contributed by atoms with Gasteiger partial charge in [0, 0.05) is 22.3 Å². The lowest BCUT2D eigenvalue weighted by Gasteiger charge is -2.13. The van der Waals surface area contributed by atoms with Gasteiger partial charge in [-0.1, -0.05) is 11.6 Å². The number of ketones is 1. The summed E-state index contributed by atoms with van der Waals surface area (Å²) in [5.74, 6) is -2.87. The Bertz CT molecular complexity index is 1330. The molecule has 0 bridgehead atoms. The van der Waals surface area contributed by atoms with Crippen molar-refractivity contribution in [1.29, 1.82) is 0 Å². The van der Waals surface area contributed by atoms with Crippen LogP contribution in [0.3, 0.4) is 0 Å². The highest BCUT2D eigenvalue weighted by molar-refractivity contribution is 6.31. The fourth-order valence-corrected chi connectivity index (χ4v) is 3.37. The van der Waals surface area contributed by atoms with E-state index in [4.69, 9.17) is 16.3 Å². The van der Waals surface area contributed by atoms with Crippen LogP contribution in [0.25, 0.3) is 11.0 Å². The monoisotopic (exact) mass is 455 g/mol. The summed E-state index contributed by atoms with van der Waals surface area (Å²) in [6.45, 7) is 1.43. The Balaban J connectivity index is 1.52. The molecule has 4 rings (SSSR count). The Hall–Kier alpha value is -3.78. The summed E-state index contributed by atoms with van der Waals surface area (Å²) in [5.41, 5.74) is 2.70. The van der Waals surface area contributed by atoms with Crippen LogP contribution in [0.1, 0.15) is 21.5 Å². The predicted molar refractivity (Wildman–Crippen MR) is 116 cm³/mol. The SMILES string of the molecule is Cc1cc2nc[nH]c2cc1NC(=O)COc1ccc(Cl)cc1C(=O)c1cc(F)cc(F)c1. The number of amides is 1. The quantitative estimate of drug-likeness (QED) is 0.398. The van der Waals surface area contributed by atoms with Gasteiger partial charge in [0.25, 0.3) is 5.91 Å². The van der Waals surface area contributed by atoms with Crippen LogP contribution in [0.15, 0.2) is 54.9 Å². The molecule has 162 valence electrons. The maximum atomic E-state index is 13.5. The Labute approximate surface area is 186 Å². The lowest BCUT2D eigenvalue weighted by molar-refractivity contribution is -0.118.